The van der Waals surface area contributed by atoms with Crippen molar-refractivity contribution in [1.82, 2.24) is 9.88 Å². The third-order valence-corrected chi connectivity index (χ3v) is 4.58. The summed E-state index contributed by atoms with van der Waals surface area (Å²) in [5.74, 6) is -0.153. The van der Waals surface area contributed by atoms with E-state index in [1.807, 2.05) is 6.07 Å². The number of rotatable bonds is 3. The zero-order chi connectivity index (χ0) is 17.1. The molecule has 126 valence electrons. The Morgan fingerprint density at radius 2 is 1.79 bits per heavy atom. The Kier molecular flexibility index (Phi) is 5.00. The maximum Gasteiger partial charge on any atom is 0.123 e. The van der Waals surface area contributed by atoms with Crippen LogP contribution in [0.1, 0.15) is 31.9 Å². The van der Waals surface area contributed by atoms with E-state index in [-0.39, 0.29) is 5.82 Å². The minimum atomic E-state index is -0.153. The van der Waals surface area contributed by atoms with Gasteiger partial charge in [0.05, 0.1) is 5.69 Å². The normalized spacial score (nSPS) is 11.8. The van der Waals surface area contributed by atoms with Gasteiger partial charge in [-0.2, -0.15) is 0 Å². The van der Waals surface area contributed by atoms with Gasteiger partial charge in [0.15, 0.2) is 0 Å². The van der Waals surface area contributed by atoms with Crippen molar-refractivity contribution in [3.05, 3.63) is 59.4 Å². The molecule has 0 aliphatic carbocycles. The molecule has 0 saturated heterocycles. The molecular weight excluding hydrogens is 299 g/mol. The second kappa shape index (κ2) is 7.18. The maximum atomic E-state index is 13.5. The Labute approximate surface area is 143 Å². The monoisotopic (exact) mass is 324 g/mol. The van der Waals surface area contributed by atoms with Crippen molar-refractivity contribution in [1.29, 1.82) is 0 Å². The van der Waals surface area contributed by atoms with E-state index in [2.05, 4.69) is 54.9 Å². The minimum absolute atomic E-state index is 0.153. The molecule has 2 nitrogen and oxygen atoms in total. The van der Waals surface area contributed by atoms with Crippen molar-refractivity contribution in [2.45, 2.75) is 33.7 Å². The van der Waals surface area contributed by atoms with Crippen LogP contribution >= 0.6 is 0 Å². The van der Waals surface area contributed by atoms with Crippen LogP contribution in [0.25, 0.3) is 22.2 Å². The van der Waals surface area contributed by atoms with Crippen LogP contribution in [0, 0.1) is 5.82 Å². The fourth-order valence-corrected chi connectivity index (χ4v) is 3.54. The molecule has 3 aromatic rings. The maximum absolute atomic E-state index is 13.5. The van der Waals surface area contributed by atoms with Gasteiger partial charge in [0.25, 0.3) is 0 Å². The molecule has 0 atom stereocenters. The number of nitrogens with zero attached hydrogens (tertiary/aromatic N) is 1. The third kappa shape index (κ3) is 2.84. The van der Waals surface area contributed by atoms with Gasteiger partial charge in [0.1, 0.15) is 5.82 Å². The summed E-state index contributed by atoms with van der Waals surface area (Å²) in [5, 5.41) is 4.17. The van der Waals surface area contributed by atoms with Gasteiger partial charge in [-0.1, -0.05) is 45.0 Å². The van der Waals surface area contributed by atoms with E-state index in [4.69, 9.17) is 0 Å². The predicted octanol–water partition coefficient (Wildman–Crippen LogP) is 4.99. The van der Waals surface area contributed by atoms with Crippen LogP contribution in [-0.2, 0) is 13.0 Å². The molecule has 0 bridgehead atoms. The Morgan fingerprint density at radius 3 is 2.46 bits per heavy atom. The van der Waals surface area contributed by atoms with E-state index in [0.717, 1.165) is 37.0 Å². The number of hydrogen-bond acceptors (Lipinski definition) is 1. The van der Waals surface area contributed by atoms with E-state index in [0.29, 0.717) is 0 Å². The number of nitrogens with one attached hydrogen (secondary N) is 1. The van der Waals surface area contributed by atoms with Gasteiger partial charge in [-0.15, -0.1) is 0 Å². The quantitative estimate of drug-likeness (QED) is 0.562. The first-order valence-corrected chi connectivity index (χ1v) is 8.80. The Morgan fingerprint density at radius 1 is 1.04 bits per heavy atom. The number of aryl methyl sites for hydroxylation is 1. The number of halogens is 1. The van der Waals surface area contributed by atoms with Gasteiger partial charge >= 0.3 is 0 Å². The molecule has 1 N–H and O–H groups in total. The van der Waals surface area contributed by atoms with Crippen LogP contribution in [0.4, 0.5) is 4.39 Å². The highest BCUT2D eigenvalue weighted by molar-refractivity contribution is 5.94. The van der Waals surface area contributed by atoms with E-state index in [1.54, 1.807) is 12.1 Å². The van der Waals surface area contributed by atoms with Crippen molar-refractivity contribution in [2.75, 3.05) is 13.1 Å². The highest BCUT2D eigenvalue weighted by atomic mass is 19.1. The number of aromatic nitrogens is 1. The van der Waals surface area contributed by atoms with Crippen LogP contribution in [-0.4, -0.2) is 17.7 Å². The van der Waals surface area contributed by atoms with Crippen molar-refractivity contribution in [2.24, 2.45) is 0 Å². The number of benzene rings is 2. The summed E-state index contributed by atoms with van der Waals surface area (Å²) in [4.78, 5) is 0. The molecule has 2 aromatic carbocycles. The zero-order valence-electron chi connectivity index (χ0n) is 14.7. The van der Waals surface area contributed by atoms with E-state index >= 15 is 0 Å². The van der Waals surface area contributed by atoms with Crippen molar-refractivity contribution >= 4 is 10.9 Å². The van der Waals surface area contributed by atoms with Crippen LogP contribution < -0.4 is 5.32 Å². The van der Waals surface area contributed by atoms with E-state index in [1.165, 1.54) is 22.4 Å². The zero-order valence-corrected chi connectivity index (χ0v) is 14.7. The van der Waals surface area contributed by atoms with Crippen molar-refractivity contribution < 1.29 is 4.39 Å². The van der Waals surface area contributed by atoms with E-state index in [9.17, 15) is 4.39 Å². The average molecular weight is 324 g/mol. The molecule has 0 radical (unpaired) electrons. The van der Waals surface area contributed by atoms with Crippen LogP contribution in [0.5, 0.6) is 0 Å². The lowest BCUT2D eigenvalue weighted by Crippen LogP contribution is -2.09. The van der Waals surface area contributed by atoms with Gasteiger partial charge in [-0.05, 0) is 48.8 Å². The summed E-state index contributed by atoms with van der Waals surface area (Å²) < 4.78 is 15.8. The first kappa shape index (κ1) is 16.7. The fraction of sp³-hybridized carbons (Fsp3) is 0.333. The summed E-state index contributed by atoms with van der Waals surface area (Å²) in [7, 11) is 0. The lowest BCUT2D eigenvalue weighted by molar-refractivity contribution is 0.629. The summed E-state index contributed by atoms with van der Waals surface area (Å²) in [6.07, 6.45) is 0.927. The molecule has 1 aromatic heterocycles. The SMILES string of the molecule is CCNCC.CCc1c2n(c3ccc(F)cc13)Cc1ccccc1-2. The van der Waals surface area contributed by atoms with Crippen LogP contribution in [0.3, 0.4) is 0 Å². The van der Waals surface area contributed by atoms with Gasteiger partial charge in [0, 0.05) is 23.0 Å². The lowest BCUT2D eigenvalue weighted by Gasteiger charge is -2.01. The molecule has 0 saturated carbocycles. The second-order valence-electron chi connectivity index (χ2n) is 6.04. The predicted molar refractivity (Wildman–Crippen MR) is 100 cm³/mol. The smallest absolute Gasteiger partial charge is 0.123 e. The highest BCUT2D eigenvalue weighted by Crippen LogP contribution is 2.41. The third-order valence-electron chi connectivity index (χ3n) is 4.58. The average Bonchev–Trinajstić information content (AvgIpc) is 3.10. The molecule has 1 aliphatic rings. The van der Waals surface area contributed by atoms with Gasteiger partial charge in [-0.25, -0.2) is 4.39 Å². The summed E-state index contributed by atoms with van der Waals surface area (Å²) in [6, 6.07) is 13.6. The molecule has 2 heterocycles. The molecule has 0 amide bonds. The van der Waals surface area contributed by atoms with Crippen LogP contribution in [0.2, 0.25) is 0 Å². The molecule has 24 heavy (non-hydrogen) atoms. The summed E-state index contributed by atoms with van der Waals surface area (Å²) in [6.45, 7) is 9.43. The Bertz CT molecular complexity index is 846. The lowest BCUT2D eigenvalue weighted by atomic mass is 10.0. The van der Waals surface area contributed by atoms with Gasteiger partial charge in [-0.3, -0.25) is 0 Å². The first-order chi connectivity index (χ1) is 11.7. The van der Waals surface area contributed by atoms with Crippen molar-refractivity contribution in [3.63, 3.8) is 0 Å². The molecule has 4 rings (SSSR count). The highest BCUT2D eigenvalue weighted by Gasteiger charge is 2.24. The van der Waals surface area contributed by atoms with Crippen molar-refractivity contribution in [3.8, 4) is 11.3 Å². The molecule has 1 aliphatic heterocycles. The molecule has 0 unspecified atom stereocenters. The van der Waals surface area contributed by atoms with Crippen LogP contribution in [0.15, 0.2) is 42.5 Å². The fourth-order valence-electron chi connectivity index (χ4n) is 3.54. The topological polar surface area (TPSA) is 17.0 Å². The molecule has 0 fully saturated rings. The standard InChI is InChI=1S/C17H14FN.C4H11N/c1-2-13-15-9-12(18)7-8-16(15)19-10-11-5-3-4-6-14(11)17(13)19;1-3-5-4-2/h3-9H,2,10H2,1H3;5H,3-4H2,1-2H3. The second-order valence-corrected chi connectivity index (χ2v) is 6.04. The van der Waals surface area contributed by atoms with Gasteiger partial charge < -0.3 is 9.88 Å². The molecule has 3 heteroatoms. The Hall–Kier alpha value is -2.13. The number of hydrogen-bond donors (Lipinski definition) is 1. The summed E-state index contributed by atoms with van der Waals surface area (Å²) in [5.41, 5.74) is 6.34. The largest absolute Gasteiger partial charge is 0.336 e. The Balaban J connectivity index is 0.000000300. The van der Waals surface area contributed by atoms with Gasteiger partial charge in [0.2, 0.25) is 0 Å². The summed E-state index contributed by atoms with van der Waals surface area (Å²) >= 11 is 0. The minimum Gasteiger partial charge on any atom is -0.336 e. The molecule has 0 spiro atoms. The first-order valence-electron chi connectivity index (χ1n) is 8.80. The number of fused-ring (bicyclic) bond motifs is 5. The molecular formula is C21H25FN2. The van der Waals surface area contributed by atoms with E-state index < -0.39 is 0 Å².